The zero-order valence-corrected chi connectivity index (χ0v) is 33.5. The third-order valence-electron chi connectivity index (χ3n) is 10.1. The summed E-state index contributed by atoms with van der Waals surface area (Å²) < 4.78 is 58.0. The molecule has 0 saturated carbocycles. The SMILES string of the molecule is CC(C)(C)OC(=O)N1CCN(C[C@H](C[C@@H](Cc2cccnc2)C(=O)N[C@H]2c3ccccc3OC[C@H]2O)O[Si](C)(C)C(C)(C)C)[C@H](C(=O)NCC(F)(F)F)C1. The maximum Gasteiger partial charge on any atom is 0.410 e. The monoisotopic (exact) mass is 779 g/mol. The van der Waals surface area contributed by atoms with Crippen LogP contribution in [-0.4, -0.2) is 115 Å². The fourth-order valence-corrected chi connectivity index (χ4v) is 7.65. The van der Waals surface area contributed by atoms with E-state index in [2.05, 4.69) is 44.2 Å². The summed E-state index contributed by atoms with van der Waals surface area (Å²) in [5, 5.41) is 15.8. The second-order valence-corrected chi connectivity index (χ2v) is 21.4. The minimum atomic E-state index is -4.64. The summed E-state index contributed by atoms with van der Waals surface area (Å²) in [6, 6.07) is 8.95. The molecule has 3 amide bonds. The van der Waals surface area contributed by atoms with E-state index in [-0.39, 0.29) is 56.6 Å². The molecule has 1 saturated heterocycles. The van der Waals surface area contributed by atoms with Gasteiger partial charge in [-0.15, -0.1) is 0 Å². The van der Waals surface area contributed by atoms with Gasteiger partial charge in [-0.05, 0) is 69.4 Å². The van der Waals surface area contributed by atoms with Crippen LogP contribution in [0.1, 0.15) is 65.1 Å². The van der Waals surface area contributed by atoms with Gasteiger partial charge in [0.25, 0.3) is 0 Å². The van der Waals surface area contributed by atoms with Crippen LogP contribution in [0.15, 0.2) is 48.8 Å². The van der Waals surface area contributed by atoms with Crippen LogP contribution in [0, 0.1) is 5.92 Å². The molecule has 3 heterocycles. The number of halogens is 3. The van der Waals surface area contributed by atoms with E-state index < -0.39 is 68.8 Å². The van der Waals surface area contributed by atoms with Crippen molar-refractivity contribution in [2.24, 2.45) is 5.92 Å². The third kappa shape index (κ3) is 12.1. The molecule has 0 unspecified atom stereocenters. The maximum atomic E-state index is 14.4. The lowest BCUT2D eigenvalue weighted by Gasteiger charge is -2.45. The predicted molar refractivity (Wildman–Crippen MR) is 199 cm³/mol. The molecule has 12 nitrogen and oxygen atoms in total. The van der Waals surface area contributed by atoms with Crippen LogP contribution in [0.4, 0.5) is 18.0 Å². The normalized spacial score (nSPS) is 21.0. The highest BCUT2D eigenvalue weighted by Gasteiger charge is 2.44. The molecule has 16 heteroatoms. The number of amides is 3. The average Bonchev–Trinajstić information content (AvgIpc) is 3.07. The van der Waals surface area contributed by atoms with E-state index in [1.54, 1.807) is 62.3 Å². The highest BCUT2D eigenvalue weighted by atomic mass is 28.4. The van der Waals surface area contributed by atoms with Crippen molar-refractivity contribution in [1.29, 1.82) is 0 Å². The summed E-state index contributed by atoms with van der Waals surface area (Å²) in [5.74, 6) is -1.36. The second kappa shape index (κ2) is 17.4. The lowest BCUT2D eigenvalue weighted by Crippen LogP contribution is -2.62. The summed E-state index contributed by atoms with van der Waals surface area (Å²) in [4.78, 5) is 48.2. The Morgan fingerprint density at radius 2 is 1.76 bits per heavy atom. The Bertz CT molecular complexity index is 1590. The summed E-state index contributed by atoms with van der Waals surface area (Å²) in [5.41, 5.74) is 0.623. The van der Waals surface area contributed by atoms with Gasteiger partial charge in [0.05, 0.1) is 12.1 Å². The first kappa shape index (κ1) is 43.0. The lowest BCUT2D eigenvalue weighted by molar-refractivity contribution is -0.143. The topological polar surface area (TPSA) is 143 Å². The highest BCUT2D eigenvalue weighted by Crippen LogP contribution is 2.39. The van der Waals surface area contributed by atoms with Crippen LogP contribution in [0.5, 0.6) is 5.75 Å². The van der Waals surface area contributed by atoms with Crippen molar-refractivity contribution in [3.63, 3.8) is 0 Å². The Hall–Kier alpha value is -3.73. The molecule has 0 bridgehead atoms. The Morgan fingerprint density at radius 1 is 1.06 bits per heavy atom. The molecule has 1 aromatic heterocycles. The van der Waals surface area contributed by atoms with Gasteiger partial charge in [0, 0.05) is 50.1 Å². The van der Waals surface area contributed by atoms with Gasteiger partial charge in [0.1, 0.15) is 36.6 Å². The van der Waals surface area contributed by atoms with Crippen molar-refractivity contribution in [2.75, 3.05) is 39.3 Å². The number of para-hydroxylation sites is 1. The average molecular weight is 780 g/mol. The number of hydrogen-bond donors (Lipinski definition) is 3. The Labute approximate surface area is 317 Å². The standard InChI is InChI=1S/C38H56F3N5O7Si/c1-36(2,3)52-35(50)46-17-16-45(29(22-46)34(49)43-24-38(39,40)41)21-27(53-54(7,8)37(4,5)6)19-26(18-25-12-11-15-42-20-25)33(48)44-32-28-13-9-10-14-31(28)51-23-30(32)47/h9-15,20,26-27,29-30,32,47H,16-19,21-24H2,1-8H3,(H,43,49)(H,44,48)/t26-,27+,29+,30-,32+/m1/s1. The number of nitrogens with zero attached hydrogens (tertiary/aromatic N) is 3. The largest absolute Gasteiger partial charge is 0.490 e. The molecule has 3 N–H and O–H groups in total. The molecule has 5 atom stereocenters. The van der Waals surface area contributed by atoms with Crippen LogP contribution in [0.2, 0.25) is 18.1 Å². The van der Waals surface area contributed by atoms with Gasteiger partial charge >= 0.3 is 12.3 Å². The molecule has 1 aromatic carbocycles. The molecule has 0 aliphatic carbocycles. The van der Waals surface area contributed by atoms with E-state index in [4.69, 9.17) is 13.9 Å². The van der Waals surface area contributed by atoms with Crippen LogP contribution < -0.4 is 15.4 Å². The molecule has 4 rings (SSSR count). The number of pyridine rings is 1. The summed E-state index contributed by atoms with van der Waals surface area (Å²) in [6.07, 6.45) is -3.19. The molecule has 2 aliphatic heterocycles. The van der Waals surface area contributed by atoms with Gasteiger partial charge in [0.2, 0.25) is 11.8 Å². The number of fused-ring (bicyclic) bond motifs is 1. The number of rotatable bonds is 12. The summed E-state index contributed by atoms with van der Waals surface area (Å²) in [6.45, 7) is 14.2. The number of aliphatic hydroxyl groups is 1. The first-order valence-corrected chi connectivity index (χ1v) is 21.3. The molecule has 0 radical (unpaired) electrons. The predicted octanol–water partition coefficient (Wildman–Crippen LogP) is 5.23. The van der Waals surface area contributed by atoms with E-state index in [0.717, 1.165) is 5.56 Å². The summed E-state index contributed by atoms with van der Waals surface area (Å²) in [7, 11) is -2.56. The number of carbonyl (C=O) groups is 3. The zero-order valence-electron chi connectivity index (χ0n) is 32.5. The number of piperazine rings is 1. The van der Waals surface area contributed by atoms with Crippen LogP contribution >= 0.6 is 0 Å². The zero-order chi connectivity index (χ0) is 40.1. The van der Waals surface area contributed by atoms with Crippen molar-refractivity contribution in [2.45, 2.75) is 109 Å². The van der Waals surface area contributed by atoms with E-state index >= 15 is 0 Å². The number of aliphatic hydroxyl groups excluding tert-OH is 1. The second-order valence-electron chi connectivity index (χ2n) is 16.7. The van der Waals surface area contributed by atoms with Gasteiger partial charge in [-0.25, -0.2) is 4.79 Å². The van der Waals surface area contributed by atoms with Crippen LogP contribution in [-0.2, 0) is 25.2 Å². The van der Waals surface area contributed by atoms with Crippen molar-refractivity contribution in [3.05, 3.63) is 59.9 Å². The molecule has 2 aromatic rings. The van der Waals surface area contributed by atoms with E-state index in [1.165, 1.54) is 4.90 Å². The molecule has 54 heavy (non-hydrogen) atoms. The molecule has 2 aliphatic rings. The highest BCUT2D eigenvalue weighted by molar-refractivity contribution is 6.74. The van der Waals surface area contributed by atoms with Gasteiger partial charge in [-0.2, -0.15) is 13.2 Å². The lowest BCUT2D eigenvalue weighted by atomic mass is 9.91. The van der Waals surface area contributed by atoms with E-state index in [1.807, 2.05) is 17.4 Å². The van der Waals surface area contributed by atoms with Crippen molar-refractivity contribution in [3.8, 4) is 5.75 Å². The first-order valence-electron chi connectivity index (χ1n) is 18.4. The van der Waals surface area contributed by atoms with Gasteiger partial charge in [0.15, 0.2) is 8.32 Å². The quantitative estimate of drug-likeness (QED) is 0.247. The molecule has 0 spiro atoms. The van der Waals surface area contributed by atoms with Gasteiger partial charge in [-0.3, -0.25) is 19.5 Å². The van der Waals surface area contributed by atoms with E-state index in [9.17, 15) is 32.7 Å². The maximum absolute atomic E-state index is 14.4. The van der Waals surface area contributed by atoms with Crippen molar-refractivity contribution in [1.82, 2.24) is 25.4 Å². The number of aromatic nitrogens is 1. The number of benzene rings is 1. The fourth-order valence-electron chi connectivity index (χ4n) is 6.30. The molecule has 1 fully saturated rings. The van der Waals surface area contributed by atoms with Gasteiger partial charge < -0.3 is 34.5 Å². The molecular weight excluding hydrogens is 724 g/mol. The Kier molecular flexibility index (Phi) is 13.8. The Morgan fingerprint density at radius 3 is 2.39 bits per heavy atom. The smallest absolute Gasteiger partial charge is 0.410 e. The van der Waals surface area contributed by atoms with Crippen molar-refractivity contribution >= 4 is 26.2 Å². The molecular formula is C38H56F3N5O7Si. The van der Waals surface area contributed by atoms with Crippen LogP contribution in [0.25, 0.3) is 0 Å². The van der Waals surface area contributed by atoms with E-state index in [0.29, 0.717) is 11.3 Å². The van der Waals surface area contributed by atoms with Gasteiger partial charge in [-0.1, -0.05) is 45.0 Å². The number of alkyl halides is 3. The Balaban J connectivity index is 1.67. The van der Waals surface area contributed by atoms with Crippen molar-refractivity contribution < 1.29 is 46.6 Å². The number of ether oxygens (including phenoxy) is 2. The summed E-state index contributed by atoms with van der Waals surface area (Å²) >= 11 is 0. The number of carbonyl (C=O) groups excluding carboxylic acids is 3. The van der Waals surface area contributed by atoms with Crippen LogP contribution in [0.3, 0.4) is 0 Å². The fraction of sp³-hybridized carbons (Fsp3) is 0.632. The minimum Gasteiger partial charge on any atom is -0.490 e. The molecule has 300 valence electrons. The minimum absolute atomic E-state index is 0.000591. The first-order chi connectivity index (χ1) is 25.0. The number of hydrogen-bond acceptors (Lipinski definition) is 9. The number of nitrogens with one attached hydrogen (secondary N) is 2. The third-order valence-corrected chi connectivity index (χ3v) is 14.6.